The van der Waals surface area contributed by atoms with Crippen molar-refractivity contribution in [2.45, 2.75) is 121 Å². The van der Waals surface area contributed by atoms with Gasteiger partial charge in [0.1, 0.15) is 31.8 Å². The third-order valence-corrected chi connectivity index (χ3v) is 10.6. The smallest absolute Gasteiger partial charge is 0.405 e. The highest BCUT2D eigenvalue weighted by atomic mass is 19.4. The summed E-state index contributed by atoms with van der Waals surface area (Å²) in [5.41, 5.74) is 1.66. The number of unbranched alkanes of at least 4 members (excludes halogenated alkanes) is 1. The number of carbonyl (C=O) groups excluding carboxylic acids is 2. The van der Waals surface area contributed by atoms with Gasteiger partial charge in [-0.3, -0.25) is 9.48 Å². The SMILES string of the molecule is B[C@@H]1[C@@H](C)C(=O)[C@](C)(F)C(=O)O[C@H](CC)[C@@](C)(OC#C)[C@H](NCCCCn2cc(-c3cccc(N)c3)nn2)[C@@H](C(F)(F)F)NC[C@H](C)C[C@@]1(C)OC. The van der Waals surface area contributed by atoms with Crippen LogP contribution in [-0.4, -0.2) is 96.0 Å². The molecule has 3 rings (SSSR count). The molecule has 0 bridgehead atoms. The second-order valence-electron chi connectivity index (χ2n) is 14.5. The minimum Gasteiger partial charge on any atom is -0.455 e. The van der Waals surface area contributed by atoms with E-state index in [0.29, 0.717) is 30.8 Å². The number of aromatic nitrogens is 3. The maximum atomic E-state index is 16.2. The van der Waals surface area contributed by atoms with Gasteiger partial charge in [-0.1, -0.05) is 44.5 Å². The lowest BCUT2D eigenvalue weighted by molar-refractivity contribution is -0.200. The van der Waals surface area contributed by atoms with Gasteiger partial charge >= 0.3 is 12.1 Å². The maximum absolute atomic E-state index is 16.2. The molecule has 0 amide bonds. The van der Waals surface area contributed by atoms with Gasteiger partial charge in [-0.2, -0.15) is 13.2 Å². The normalized spacial score (nSPS) is 32.7. The number of halogens is 4. The molecule has 1 aromatic carbocycles. The molecule has 0 radical (unpaired) electrons. The number of Topliss-reactive ketones (excluding diaryl/α,β-unsaturated/α-hetero) is 1. The summed E-state index contributed by atoms with van der Waals surface area (Å²) < 4.78 is 80.3. The number of hydrogen-bond acceptors (Lipinski definition) is 10. The zero-order valence-electron chi connectivity index (χ0n) is 31.4. The first-order valence-corrected chi connectivity index (χ1v) is 17.7. The summed E-state index contributed by atoms with van der Waals surface area (Å²) >= 11 is 0. The number of cyclic esters (lactones) is 1. The Morgan fingerprint density at radius 2 is 1.92 bits per heavy atom. The number of anilines is 1. The second-order valence-corrected chi connectivity index (χ2v) is 14.5. The molecular formula is C36H53BF4N6O5. The third-order valence-electron chi connectivity index (χ3n) is 10.6. The van der Waals surface area contributed by atoms with Gasteiger partial charge in [-0.25, -0.2) is 9.18 Å². The number of alkyl halides is 4. The zero-order valence-corrected chi connectivity index (χ0v) is 31.4. The van der Waals surface area contributed by atoms with E-state index in [1.165, 1.54) is 21.0 Å². The third kappa shape index (κ3) is 9.84. The quantitative estimate of drug-likeness (QED) is 0.0616. The number of rotatable bonds is 10. The number of nitrogen functional groups attached to an aromatic ring is 1. The van der Waals surface area contributed by atoms with Crippen molar-refractivity contribution in [3.05, 3.63) is 30.5 Å². The first-order valence-electron chi connectivity index (χ1n) is 17.7. The number of nitrogens with two attached hydrogens (primary N) is 1. The number of ketones is 1. The largest absolute Gasteiger partial charge is 0.455 e. The average molecular weight is 737 g/mol. The van der Waals surface area contributed by atoms with Crippen molar-refractivity contribution in [1.82, 2.24) is 25.6 Å². The van der Waals surface area contributed by atoms with Crippen LogP contribution in [0.15, 0.2) is 30.5 Å². The number of benzene rings is 1. The molecule has 1 aliphatic rings. The summed E-state index contributed by atoms with van der Waals surface area (Å²) in [5, 5.41) is 14.0. The number of ether oxygens (including phenoxy) is 3. The molecule has 2 heterocycles. The first-order chi connectivity index (χ1) is 24.2. The van der Waals surface area contributed by atoms with E-state index in [-0.39, 0.29) is 25.9 Å². The number of methoxy groups -OCH3 is 1. The van der Waals surface area contributed by atoms with E-state index in [0.717, 1.165) is 12.5 Å². The number of nitrogens with one attached hydrogen (secondary N) is 2. The van der Waals surface area contributed by atoms with Crippen molar-refractivity contribution in [3.63, 3.8) is 0 Å². The Bertz CT molecular complexity index is 1550. The predicted octanol–water partition coefficient (Wildman–Crippen LogP) is 4.27. The van der Waals surface area contributed by atoms with Gasteiger partial charge < -0.3 is 30.6 Å². The van der Waals surface area contributed by atoms with Gasteiger partial charge in [-0.15, -0.1) is 5.10 Å². The molecule has 16 heteroatoms. The first kappa shape index (κ1) is 42.7. The van der Waals surface area contributed by atoms with E-state index in [9.17, 15) is 9.59 Å². The van der Waals surface area contributed by atoms with Crippen molar-refractivity contribution in [3.8, 4) is 23.8 Å². The highest BCUT2D eigenvalue weighted by Crippen LogP contribution is 2.40. The fourth-order valence-electron chi connectivity index (χ4n) is 7.10. The molecule has 52 heavy (non-hydrogen) atoms. The van der Waals surface area contributed by atoms with Gasteiger partial charge in [0.2, 0.25) is 0 Å². The van der Waals surface area contributed by atoms with Crippen LogP contribution in [-0.2, 0) is 30.3 Å². The van der Waals surface area contributed by atoms with Crippen LogP contribution in [0.5, 0.6) is 0 Å². The van der Waals surface area contributed by atoms with Crippen molar-refractivity contribution in [1.29, 1.82) is 0 Å². The Labute approximate surface area is 304 Å². The maximum Gasteiger partial charge on any atom is 0.405 e. The molecule has 1 aliphatic heterocycles. The summed E-state index contributed by atoms with van der Waals surface area (Å²) in [7, 11) is 3.12. The average Bonchev–Trinajstić information content (AvgIpc) is 3.56. The van der Waals surface area contributed by atoms with Crippen LogP contribution in [0.1, 0.15) is 67.2 Å². The van der Waals surface area contributed by atoms with Gasteiger partial charge in [0.25, 0.3) is 5.67 Å². The van der Waals surface area contributed by atoms with Crippen LogP contribution in [0.4, 0.5) is 23.2 Å². The Kier molecular flexibility index (Phi) is 14.3. The number of esters is 1. The zero-order chi connectivity index (χ0) is 39.1. The van der Waals surface area contributed by atoms with Crippen LogP contribution < -0.4 is 16.4 Å². The lowest BCUT2D eigenvalue weighted by Gasteiger charge is -2.45. The number of terminal acetylenes is 1. The Balaban J connectivity index is 1.97. The molecule has 1 saturated heterocycles. The van der Waals surface area contributed by atoms with Crippen LogP contribution in [0.2, 0.25) is 5.82 Å². The van der Waals surface area contributed by atoms with Crippen LogP contribution in [0.25, 0.3) is 11.3 Å². The molecule has 0 saturated carbocycles. The van der Waals surface area contributed by atoms with E-state index < -0.39 is 70.6 Å². The van der Waals surface area contributed by atoms with Crippen molar-refractivity contribution >= 4 is 25.3 Å². The molecule has 11 nitrogen and oxygen atoms in total. The summed E-state index contributed by atoms with van der Waals surface area (Å²) in [4.78, 5) is 27.0. The number of carbonyl (C=O) groups is 2. The topological polar surface area (TPSA) is 143 Å². The van der Waals surface area contributed by atoms with Crippen LogP contribution in [0, 0.1) is 24.4 Å². The molecule has 1 aromatic heterocycles. The number of nitrogens with zero attached hydrogens (tertiary/aromatic N) is 3. The molecule has 288 valence electrons. The molecule has 9 atom stereocenters. The Morgan fingerprint density at radius 1 is 1.23 bits per heavy atom. The summed E-state index contributed by atoms with van der Waals surface area (Å²) in [6.07, 6.45) is 3.97. The molecule has 0 spiro atoms. The fraction of sp³-hybridized carbons (Fsp3) is 0.667. The van der Waals surface area contributed by atoms with Gasteiger partial charge in [0, 0.05) is 30.8 Å². The predicted molar refractivity (Wildman–Crippen MR) is 192 cm³/mol. The molecule has 2 aromatic rings. The standard InChI is InChI=1S/C36H53BF4N6O5/c1-9-27-35(7,51-10-2)29(43-16-11-12-17-47-21-26(45-46-47)24-14-13-15-25(42)18-24)30(36(39,40)41)44-20-22(3)19-33(5,50-8)28(37)23(4)31(48)34(6,38)32(49)52-27/h2,13-15,18,21-23,27-30,43-44H,9,11-12,16-17,19-20,37,42H2,1,3-8H3/t22-,23-,27-,28-,29-,30+,33-,34+,35-/m1/s1. The molecule has 4 N–H and O–H groups in total. The minimum absolute atomic E-state index is 0.0647. The van der Waals surface area contributed by atoms with Gasteiger partial charge in [0.05, 0.1) is 17.8 Å². The lowest BCUT2D eigenvalue weighted by Crippen LogP contribution is -2.69. The molecular weight excluding hydrogens is 683 g/mol. The van der Waals surface area contributed by atoms with E-state index >= 15 is 17.6 Å². The van der Waals surface area contributed by atoms with Crippen LogP contribution >= 0.6 is 0 Å². The number of aryl methyl sites for hydroxylation is 1. The number of hydrogen-bond donors (Lipinski definition) is 3. The van der Waals surface area contributed by atoms with E-state index in [1.54, 1.807) is 57.7 Å². The molecule has 0 unspecified atom stereocenters. The molecule has 1 fully saturated rings. The Morgan fingerprint density at radius 3 is 2.52 bits per heavy atom. The fourth-order valence-corrected chi connectivity index (χ4v) is 7.10. The van der Waals surface area contributed by atoms with Crippen molar-refractivity contribution in [2.24, 2.45) is 11.8 Å². The summed E-state index contributed by atoms with van der Waals surface area (Å²) in [6, 6.07) is 3.29. The van der Waals surface area contributed by atoms with Crippen molar-refractivity contribution in [2.75, 3.05) is 25.9 Å². The van der Waals surface area contributed by atoms with Crippen LogP contribution in [0.3, 0.4) is 0 Å². The van der Waals surface area contributed by atoms with E-state index in [4.69, 9.17) is 26.4 Å². The monoisotopic (exact) mass is 736 g/mol. The second kappa shape index (κ2) is 17.4. The molecule has 0 aliphatic carbocycles. The van der Waals surface area contributed by atoms with Crippen molar-refractivity contribution < 1.29 is 41.4 Å². The minimum atomic E-state index is -4.85. The highest BCUT2D eigenvalue weighted by Gasteiger charge is 2.58. The van der Waals surface area contributed by atoms with E-state index in [2.05, 4.69) is 20.9 Å². The van der Waals surface area contributed by atoms with E-state index in [1.807, 2.05) is 12.2 Å². The summed E-state index contributed by atoms with van der Waals surface area (Å²) in [6.45, 7) is 9.01. The van der Waals surface area contributed by atoms with Gasteiger partial charge in [-0.05, 0) is 83.4 Å². The van der Waals surface area contributed by atoms with Gasteiger partial charge in [0.15, 0.2) is 11.4 Å². The highest BCUT2D eigenvalue weighted by molar-refractivity contribution is 6.17. The Hall–Kier alpha value is -3.68. The summed E-state index contributed by atoms with van der Waals surface area (Å²) in [5.74, 6) is -4.60. The lowest BCUT2D eigenvalue weighted by atomic mass is 9.62.